The van der Waals surface area contributed by atoms with Crippen molar-refractivity contribution in [3.63, 3.8) is 0 Å². The van der Waals surface area contributed by atoms with Crippen LogP contribution >= 0.6 is 11.8 Å². The van der Waals surface area contributed by atoms with Gasteiger partial charge in [-0.15, -0.1) is 0 Å². The zero-order valence-corrected chi connectivity index (χ0v) is 16.0. The van der Waals surface area contributed by atoms with Crippen molar-refractivity contribution in [2.75, 3.05) is 0 Å². The summed E-state index contributed by atoms with van der Waals surface area (Å²) in [7, 11) is 0. The molecule has 5 heteroatoms. The molecule has 4 aliphatic carbocycles. The molecule has 0 spiro atoms. The zero-order valence-electron chi connectivity index (χ0n) is 15.2. The molecule has 2 atom stereocenters. The van der Waals surface area contributed by atoms with Crippen LogP contribution < -0.4 is 5.73 Å². The number of thioether (sulfide) groups is 1. The van der Waals surface area contributed by atoms with E-state index in [0.717, 1.165) is 19.3 Å². The van der Waals surface area contributed by atoms with Crippen molar-refractivity contribution < 1.29 is 9.18 Å². The van der Waals surface area contributed by atoms with Gasteiger partial charge < -0.3 is 5.73 Å². The third-order valence-corrected chi connectivity index (χ3v) is 8.49. The number of carbonyl (C=O) groups excluding carboxylic acids is 1. The first-order valence-corrected chi connectivity index (χ1v) is 10.7. The number of carbonyl (C=O) groups is 1. The van der Waals surface area contributed by atoms with Gasteiger partial charge in [0, 0.05) is 11.3 Å². The second-order valence-corrected chi connectivity index (χ2v) is 10.2. The molecule has 5 aliphatic rings. The molecule has 2 N–H and O–H groups in total. The lowest BCUT2D eigenvalue weighted by Crippen LogP contribution is -2.52. The number of hydrogen-bond acceptors (Lipinski definition) is 4. The molecule has 140 valence electrons. The summed E-state index contributed by atoms with van der Waals surface area (Å²) < 4.78 is 13.9. The Hall–Kier alpha value is -1.80. The molecule has 1 aliphatic heterocycles. The van der Waals surface area contributed by atoms with Crippen LogP contribution in [-0.2, 0) is 4.79 Å². The van der Waals surface area contributed by atoms with Crippen LogP contribution in [0.1, 0.15) is 50.0 Å². The van der Waals surface area contributed by atoms with E-state index in [1.165, 1.54) is 43.2 Å². The van der Waals surface area contributed by atoms with E-state index in [4.69, 9.17) is 5.73 Å². The van der Waals surface area contributed by atoms with E-state index in [9.17, 15) is 14.4 Å². The minimum absolute atomic E-state index is 0.247. The number of Topliss-reactive ketones (excluding diaryl/α,β-unsaturated/α-hetero) is 1. The average molecular weight is 383 g/mol. The van der Waals surface area contributed by atoms with Crippen LogP contribution in [-0.4, -0.2) is 11.0 Å². The Kier molecular flexibility index (Phi) is 3.91. The number of allylic oxidation sites excluding steroid dienone is 1. The Morgan fingerprint density at radius 2 is 1.81 bits per heavy atom. The smallest absolute Gasteiger partial charge is 0.153 e. The van der Waals surface area contributed by atoms with Crippen molar-refractivity contribution in [3.05, 3.63) is 46.2 Å². The molecular weight excluding hydrogens is 359 g/mol. The fourth-order valence-electron chi connectivity index (χ4n) is 6.66. The molecule has 4 fully saturated rings. The highest BCUT2D eigenvalue weighted by Gasteiger charge is 2.57. The van der Waals surface area contributed by atoms with Gasteiger partial charge in [-0.2, -0.15) is 5.26 Å². The van der Waals surface area contributed by atoms with Crippen LogP contribution in [0.25, 0.3) is 0 Å². The third kappa shape index (κ3) is 2.64. The quantitative estimate of drug-likeness (QED) is 0.835. The maximum absolute atomic E-state index is 13.9. The molecule has 1 heterocycles. The van der Waals surface area contributed by atoms with Crippen LogP contribution in [0.2, 0.25) is 0 Å². The van der Waals surface area contributed by atoms with Gasteiger partial charge in [-0.3, -0.25) is 4.79 Å². The van der Waals surface area contributed by atoms with Gasteiger partial charge in [-0.05, 0) is 74.0 Å². The van der Waals surface area contributed by atoms with Crippen molar-refractivity contribution in [2.24, 2.45) is 28.9 Å². The van der Waals surface area contributed by atoms with E-state index in [2.05, 4.69) is 6.07 Å². The summed E-state index contributed by atoms with van der Waals surface area (Å²) >= 11 is 1.33. The van der Waals surface area contributed by atoms with Gasteiger partial charge >= 0.3 is 0 Å². The van der Waals surface area contributed by atoms with Crippen molar-refractivity contribution in [1.29, 1.82) is 5.26 Å². The first kappa shape index (κ1) is 17.3. The summed E-state index contributed by atoms with van der Waals surface area (Å²) in [6.45, 7) is 0. The van der Waals surface area contributed by atoms with Gasteiger partial charge in [0.15, 0.2) is 5.78 Å². The van der Waals surface area contributed by atoms with Crippen molar-refractivity contribution in [1.82, 2.24) is 0 Å². The molecule has 0 radical (unpaired) electrons. The van der Waals surface area contributed by atoms with Crippen molar-refractivity contribution in [3.8, 4) is 6.07 Å². The first-order valence-electron chi connectivity index (χ1n) is 9.85. The lowest BCUT2D eigenvalue weighted by atomic mass is 9.48. The minimum atomic E-state index is -0.434. The average Bonchev–Trinajstić information content (AvgIpc) is 2.96. The van der Waals surface area contributed by atoms with Gasteiger partial charge in [-0.1, -0.05) is 23.9 Å². The van der Waals surface area contributed by atoms with Crippen molar-refractivity contribution in [2.45, 2.75) is 49.7 Å². The van der Waals surface area contributed by atoms with Gasteiger partial charge in [0.25, 0.3) is 0 Å². The molecular formula is C22H23FN2OS. The predicted molar refractivity (Wildman–Crippen MR) is 103 cm³/mol. The predicted octanol–water partition coefficient (Wildman–Crippen LogP) is 4.50. The van der Waals surface area contributed by atoms with Crippen LogP contribution in [0.5, 0.6) is 0 Å². The molecule has 4 saturated carbocycles. The highest BCUT2D eigenvalue weighted by molar-refractivity contribution is 8.04. The van der Waals surface area contributed by atoms with E-state index < -0.39 is 11.2 Å². The zero-order chi connectivity index (χ0) is 18.8. The standard InChI is InChI=1S/C22H23FN2OS/c23-16-3-1-2-15(7-16)18-17(11-24)21(25)27-19(18)20(26)22-8-12-4-13(9-22)6-14(5-12)10-22/h1-3,7,12-14,18-19H,4-6,8-10,25H2/t12?,13?,14?,18-,19+,22?/m1/s1. The number of nitriles is 1. The highest BCUT2D eigenvalue weighted by atomic mass is 32.2. The van der Waals surface area contributed by atoms with E-state index in [1.807, 2.05) is 6.07 Å². The Labute approximate surface area is 163 Å². The van der Waals surface area contributed by atoms with E-state index >= 15 is 0 Å². The molecule has 0 unspecified atom stereocenters. The summed E-state index contributed by atoms with van der Waals surface area (Å²) in [4.78, 5) is 13.9. The molecule has 1 aromatic rings. The van der Waals surface area contributed by atoms with Crippen LogP contribution in [0.15, 0.2) is 34.9 Å². The van der Waals surface area contributed by atoms with Gasteiger partial charge in [0.1, 0.15) is 5.82 Å². The van der Waals surface area contributed by atoms with Gasteiger partial charge in [-0.25, -0.2) is 4.39 Å². The summed E-state index contributed by atoms with van der Waals surface area (Å²) in [5, 5.41) is 9.69. The Morgan fingerprint density at radius 3 is 2.37 bits per heavy atom. The van der Waals surface area contributed by atoms with Crippen LogP contribution in [0.4, 0.5) is 4.39 Å². The topological polar surface area (TPSA) is 66.9 Å². The molecule has 0 amide bonds. The Balaban J connectivity index is 1.52. The summed E-state index contributed by atoms with van der Waals surface area (Å²) in [6.07, 6.45) is 6.82. The largest absolute Gasteiger partial charge is 0.393 e. The molecule has 1 aromatic carbocycles. The summed E-state index contributed by atoms with van der Waals surface area (Å²) in [5.74, 6) is 1.52. The van der Waals surface area contributed by atoms with Crippen LogP contribution in [0, 0.1) is 40.3 Å². The fourth-order valence-corrected chi connectivity index (χ4v) is 8.02. The van der Waals surface area contributed by atoms with Gasteiger partial charge in [0.05, 0.1) is 21.9 Å². The number of hydrogen-bond donors (Lipinski definition) is 1. The monoisotopic (exact) mass is 382 g/mol. The number of nitrogens with zero attached hydrogens (tertiary/aromatic N) is 1. The fraction of sp³-hybridized carbons (Fsp3) is 0.545. The maximum atomic E-state index is 13.9. The van der Waals surface area contributed by atoms with Crippen LogP contribution in [0.3, 0.4) is 0 Å². The Morgan fingerprint density at radius 1 is 1.19 bits per heavy atom. The van der Waals surface area contributed by atoms with Gasteiger partial charge in [0.2, 0.25) is 0 Å². The van der Waals surface area contributed by atoms with E-state index in [1.54, 1.807) is 6.07 Å². The Bertz CT molecular complexity index is 851. The molecule has 27 heavy (non-hydrogen) atoms. The normalized spacial score (nSPS) is 39.6. The molecule has 4 bridgehead atoms. The minimum Gasteiger partial charge on any atom is -0.393 e. The summed E-state index contributed by atoms with van der Waals surface area (Å²) in [6, 6.07) is 8.49. The molecule has 0 aromatic heterocycles. The number of halogens is 1. The van der Waals surface area contributed by atoms with E-state index in [-0.39, 0.29) is 17.0 Å². The second kappa shape index (κ2) is 6.10. The number of rotatable bonds is 3. The molecule has 3 nitrogen and oxygen atoms in total. The highest BCUT2D eigenvalue weighted by Crippen LogP contribution is 2.62. The first-order chi connectivity index (χ1) is 13.0. The summed E-state index contributed by atoms with van der Waals surface area (Å²) in [5.41, 5.74) is 7.01. The SMILES string of the molecule is N#CC1=C(N)S[C@H](C(=O)C23CC4CC(CC(C4)C2)C3)[C@@H]1c1cccc(F)c1. The third-order valence-electron chi connectivity index (χ3n) is 7.28. The number of benzene rings is 1. The second-order valence-electron chi connectivity index (χ2n) is 9.02. The molecule has 6 rings (SSSR count). The lowest BCUT2D eigenvalue weighted by molar-refractivity contribution is -0.143. The lowest BCUT2D eigenvalue weighted by Gasteiger charge is -2.56. The molecule has 0 saturated heterocycles. The number of nitrogens with two attached hydrogens (primary N) is 1. The van der Waals surface area contributed by atoms with Crippen molar-refractivity contribution >= 4 is 17.5 Å². The maximum Gasteiger partial charge on any atom is 0.153 e. The number of ketones is 1. The van der Waals surface area contributed by atoms with E-state index in [0.29, 0.717) is 33.9 Å².